The Morgan fingerprint density at radius 3 is 2.89 bits per heavy atom. The fraction of sp³-hybridized carbons (Fsp3) is 0.643. The molecule has 5 heteroatoms. The highest BCUT2D eigenvalue weighted by molar-refractivity contribution is 7.10. The predicted octanol–water partition coefficient (Wildman–Crippen LogP) is 2.95. The maximum absolute atomic E-state index is 8.70. The summed E-state index contributed by atoms with van der Waals surface area (Å²) in [7, 11) is 0. The van der Waals surface area contributed by atoms with Gasteiger partial charge in [0.1, 0.15) is 5.84 Å². The van der Waals surface area contributed by atoms with Gasteiger partial charge < -0.3 is 16.3 Å². The third-order valence-electron chi connectivity index (χ3n) is 3.46. The monoisotopic (exact) mass is 283 g/mol. The molecule has 0 saturated carbocycles. The molecule has 0 fully saturated rings. The second-order valence-corrected chi connectivity index (χ2v) is 6.37. The van der Waals surface area contributed by atoms with Gasteiger partial charge in [-0.25, -0.2) is 0 Å². The fourth-order valence-corrected chi connectivity index (χ4v) is 2.90. The minimum atomic E-state index is -0.242. The lowest BCUT2D eigenvalue weighted by Crippen LogP contribution is -2.32. The van der Waals surface area contributed by atoms with Crippen molar-refractivity contribution in [3.05, 3.63) is 21.9 Å². The van der Waals surface area contributed by atoms with Crippen LogP contribution in [0.15, 0.2) is 16.6 Å². The van der Waals surface area contributed by atoms with E-state index >= 15 is 0 Å². The zero-order valence-corrected chi connectivity index (χ0v) is 12.9. The first-order valence-corrected chi connectivity index (χ1v) is 7.63. The second kappa shape index (κ2) is 7.50. The number of oxime groups is 1. The normalized spacial score (nSPS) is 12.9. The molecule has 0 unspecified atom stereocenters. The molecule has 4 nitrogen and oxygen atoms in total. The average Bonchev–Trinajstić information content (AvgIpc) is 2.84. The number of nitrogens with zero attached hydrogens (tertiary/aromatic N) is 1. The molecule has 1 aromatic heterocycles. The standard InChI is InChI=1S/C14H25N3OS/c1-4-11-6-9-19-12(11)10-16-8-5-7-14(2,3)13(15)17-18/h6,9,16,18H,4-5,7-8,10H2,1-3H3,(H2,15,17). The van der Waals surface area contributed by atoms with E-state index < -0.39 is 0 Å². The summed E-state index contributed by atoms with van der Waals surface area (Å²) in [6, 6.07) is 2.20. The SMILES string of the molecule is CCc1ccsc1CNCCCC(C)(C)C(N)=NO. The first kappa shape index (κ1) is 16.0. The van der Waals surface area contributed by atoms with Crippen LogP contribution in [0, 0.1) is 5.41 Å². The molecule has 0 aliphatic carbocycles. The summed E-state index contributed by atoms with van der Waals surface area (Å²) < 4.78 is 0. The van der Waals surface area contributed by atoms with Gasteiger partial charge in [0.05, 0.1) is 0 Å². The first-order valence-electron chi connectivity index (χ1n) is 6.75. The van der Waals surface area contributed by atoms with Crippen LogP contribution in [-0.4, -0.2) is 17.6 Å². The van der Waals surface area contributed by atoms with Crippen LogP contribution in [0.5, 0.6) is 0 Å². The van der Waals surface area contributed by atoms with Crippen LogP contribution in [0.4, 0.5) is 0 Å². The Labute approximate surface area is 119 Å². The Hall–Kier alpha value is -1.07. The summed E-state index contributed by atoms with van der Waals surface area (Å²) in [6.07, 6.45) is 3.01. The molecule has 0 atom stereocenters. The minimum absolute atomic E-state index is 0.242. The van der Waals surface area contributed by atoms with E-state index in [4.69, 9.17) is 10.9 Å². The molecule has 1 heterocycles. The van der Waals surface area contributed by atoms with E-state index in [1.165, 1.54) is 10.4 Å². The highest BCUT2D eigenvalue weighted by Crippen LogP contribution is 2.22. The van der Waals surface area contributed by atoms with Crippen molar-refractivity contribution in [2.75, 3.05) is 6.54 Å². The lowest BCUT2D eigenvalue weighted by atomic mass is 9.86. The number of rotatable bonds is 8. The van der Waals surface area contributed by atoms with Gasteiger partial charge in [-0.15, -0.1) is 11.3 Å². The van der Waals surface area contributed by atoms with Crippen molar-refractivity contribution >= 4 is 17.2 Å². The van der Waals surface area contributed by atoms with Gasteiger partial charge in [-0.3, -0.25) is 0 Å². The van der Waals surface area contributed by atoms with Crippen LogP contribution in [0.3, 0.4) is 0 Å². The molecule has 19 heavy (non-hydrogen) atoms. The van der Waals surface area contributed by atoms with Gasteiger partial charge in [-0.2, -0.15) is 0 Å². The highest BCUT2D eigenvalue weighted by atomic mass is 32.1. The Balaban J connectivity index is 2.25. The number of hydrogen-bond acceptors (Lipinski definition) is 4. The van der Waals surface area contributed by atoms with E-state index in [0.29, 0.717) is 5.84 Å². The summed E-state index contributed by atoms with van der Waals surface area (Å²) in [5.41, 5.74) is 6.86. The minimum Gasteiger partial charge on any atom is -0.409 e. The molecule has 1 aromatic rings. The highest BCUT2D eigenvalue weighted by Gasteiger charge is 2.22. The van der Waals surface area contributed by atoms with Crippen LogP contribution in [0.25, 0.3) is 0 Å². The van der Waals surface area contributed by atoms with Crippen LogP contribution in [0.1, 0.15) is 44.1 Å². The molecule has 1 rings (SSSR count). The maximum atomic E-state index is 8.70. The average molecular weight is 283 g/mol. The fourth-order valence-electron chi connectivity index (χ4n) is 1.96. The van der Waals surface area contributed by atoms with Crippen molar-refractivity contribution in [2.45, 2.75) is 46.6 Å². The molecule has 0 bridgehead atoms. The molecule has 0 aliphatic rings. The van der Waals surface area contributed by atoms with E-state index in [1.807, 2.05) is 25.2 Å². The number of hydrogen-bond donors (Lipinski definition) is 3. The molecule has 0 radical (unpaired) electrons. The largest absolute Gasteiger partial charge is 0.409 e. The lowest BCUT2D eigenvalue weighted by molar-refractivity contribution is 0.304. The Morgan fingerprint density at radius 1 is 1.53 bits per heavy atom. The first-order chi connectivity index (χ1) is 9.01. The predicted molar refractivity (Wildman–Crippen MR) is 81.8 cm³/mol. The van der Waals surface area contributed by atoms with Crippen molar-refractivity contribution in [3.8, 4) is 0 Å². The molecule has 108 valence electrons. The van der Waals surface area contributed by atoms with E-state index in [1.54, 1.807) is 0 Å². The Bertz CT molecular complexity index is 413. The number of aryl methyl sites for hydroxylation is 1. The van der Waals surface area contributed by atoms with Gasteiger partial charge in [0.15, 0.2) is 0 Å². The topological polar surface area (TPSA) is 70.6 Å². The van der Waals surface area contributed by atoms with E-state index in [2.05, 4.69) is 28.8 Å². The van der Waals surface area contributed by atoms with Gasteiger partial charge in [0, 0.05) is 16.8 Å². The van der Waals surface area contributed by atoms with E-state index in [0.717, 1.165) is 32.4 Å². The summed E-state index contributed by atoms with van der Waals surface area (Å²) >= 11 is 1.81. The van der Waals surface area contributed by atoms with E-state index in [9.17, 15) is 0 Å². The quantitative estimate of drug-likeness (QED) is 0.226. The van der Waals surface area contributed by atoms with Crippen molar-refractivity contribution in [2.24, 2.45) is 16.3 Å². The smallest absolute Gasteiger partial charge is 0.144 e. The molecular weight excluding hydrogens is 258 g/mol. The summed E-state index contributed by atoms with van der Waals surface area (Å²) in [5, 5.41) is 17.4. The van der Waals surface area contributed by atoms with Gasteiger partial charge >= 0.3 is 0 Å². The molecule has 4 N–H and O–H groups in total. The van der Waals surface area contributed by atoms with Crippen LogP contribution < -0.4 is 11.1 Å². The molecule has 0 spiro atoms. The van der Waals surface area contributed by atoms with Gasteiger partial charge in [-0.05, 0) is 42.8 Å². The number of nitrogens with two attached hydrogens (primary N) is 1. The molecule has 0 aromatic carbocycles. The number of nitrogens with one attached hydrogen (secondary N) is 1. The zero-order chi connectivity index (χ0) is 14.3. The molecule has 0 amide bonds. The third kappa shape index (κ3) is 4.84. The van der Waals surface area contributed by atoms with Crippen LogP contribution >= 0.6 is 11.3 Å². The van der Waals surface area contributed by atoms with Crippen molar-refractivity contribution in [1.82, 2.24) is 5.32 Å². The summed E-state index contributed by atoms with van der Waals surface area (Å²) in [4.78, 5) is 1.43. The van der Waals surface area contributed by atoms with Gasteiger partial charge in [0.2, 0.25) is 0 Å². The Morgan fingerprint density at radius 2 is 2.26 bits per heavy atom. The van der Waals surface area contributed by atoms with Crippen LogP contribution in [-0.2, 0) is 13.0 Å². The molecule has 0 aliphatic heterocycles. The second-order valence-electron chi connectivity index (χ2n) is 5.37. The molecule has 0 saturated heterocycles. The van der Waals surface area contributed by atoms with Crippen molar-refractivity contribution < 1.29 is 5.21 Å². The molecular formula is C14H25N3OS. The van der Waals surface area contributed by atoms with Crippen molar-refractivity contribution in [3.63, 3.8) is 0 Å². The zero-order valence-electron chi connectivity index (χ0n) is 12.1. The van der Waals surface area contributed by atoms with Gasteiger partial charge in [-0.1, -0.05) is 25.9 Å². The number of thiophene rings is 1. The summed E-state index contributed by atoms with van der Waals surface area (Å²) in [5.74, 6) is 0.305. The Kier molecular flexibility index (Phi) is 6.31. The number of amidine groups is 1. The maximum Gasteiger partial charge on any atom is 0.144 e. The van der Waals surface area contributed by atoms with Crippen molar-refractivity contribution in [1.29, 1.82) is 0 Å². The van der Waals surface area contributed by atoms with Crippen LogP contribution in [0.2, 0.25) is 0 Å². The van der Waals surface area contributed by atoms with Gasteiger partial charge in [0.25, 0.3) is 0 Å². The van der Waals surface area contributed by atoms with E-state index in [-0.39, 0.29) is 5.41 Å². The lowest BCUT2D eigenvalue weighted by Gasteiger charge is -2.22. The summed E-state index contributed by atoms with van der Waals surface area (Å²) in [6.45, 7) is 8.06. The third-order valence-corrected chi connectivity index (χ3v) is 4.42.